The molecule has 14 heavy (non-hydrogen) atoms. The van der Waals surface area contributed by atoms with Gasteiger partial charge in [0.05, 0.1) is 5.69 Å². The van der Waals surface area contributed by atoms with Crippen molar-refractivity contribution in [2.24, 2.45) is 11.7 Å². The quantitative estimate of drug-likeness (QED) is 0.757. The summed E-state index contributed by atoms with van der Waals surface area (Å²) in [5, 5.41) is 7.63. The van der Waals surface area contributed by atoms with Crippen molar-refractivity contribution in [1.82, 2.24) is 10.2 Å². The molecule has 0 aromatic carbocycles. The number of fused-ring (bicyclic) bond motifs is 1. The first-order valence-electron chi connectivity index (χ1n) is 5.64. The number of H-pyrrole nitrogens is 1. The van der Waals surface area contributed by atoms with Crippen molar-refractivity contribution in [3.05, 3.63) is 17.0 Å². The number of hydrogen-bond donors (Lipinski definition) is 2. The van der Waals surface area contributed by atoms with E-state index < -0.39 is 0 Å². The Morgan fingerprint density at radius 3 is 2.93 bits per heavy atom. The molecule has 0 bridgehead atoms. The molecule has 0 aliphatic heterocycles. The van der Waals surface area contributed by atoms with Crippen LogP contribution < -0.4 is 5.73 Å². The molecule has 3 nitrogen and oxygen atoms in total. The van der Waals surface area contributed by atoms with Crippen molar-refractivity contribution in [2.45, 2.75) is 38.0 Å². The van der Waals surface area contributed by atoms with Crippen LogP contribution in [-0.4, -0.2) is 16.7 Å². The van der Waals surface area contributed by atoms with E-state index in [4.69, 9.17) is 5.73 Å². The lowest BCUT2D eigenvalue weighted by atomic mass is 10.1. The highest BCUT2D eigenvalue weighted by atomic mass is 15.1. The molecule has 3 rings (SSSR count). The van der Waals surface area contributed by atoms with Crippen molar-refractivity contribution >= 4 is 0 Å². The second-order valence-corrected chi connectivity index (χ2v) is 4.68. The average molecular weight is 191 g/mol. The molecule has 0 saturated heterocycles. The summed E-state index contributed by atoms with van der Waals surface area (Å²) >= 11 is 0. The highest BCUT2D eigenvalue weighted by molar-refractivity contribution is 5.33. The smallest absolute Gasteiger partial charge is 0.0700 e. The zero-order chi connectivity index (χ0) is 9.54. The van der Waals surface area contributed by atoms with E-state index in [1.807, 2.05) is 0 Å². The first kappa shape index (κ1) is 8.48. The first-order chi connectivity index (χ1) is 6.88. The van der Waals surface area contributed by atoms with Gasteiger partial charge in [-0.3, -0.25) is 5.10 Å². The fourth-order valence-electron chi connectivity index (χ4n) is 2.50. The number of rotatable bonds is 3. The van der Waals surface area contributed by atoms with Crippen molar-refractivity contribution < 1.29 is 0 Å². The van der Waals surface area contributed by atoms with Gasteiger partial charge in [-0.2, -0.15) is 5.10 Å². The molecule has 0 amide bonds. The van der Waals surface area contributed by atoms with Gasteiger partial charge < -0.3 is 5.73 Å². The highest BCUT2D eigenvalue weighted by Crippen LogP contribution is 2.37. The minimum Gasteiger partial charge on any atom is -0.330 e. The molecule has 1 fully saturated rings. The molecular weight excluding hydrogens is 174 g/mol. The summed E-state index contributed by atoms with van der Waals surface area (Å²) in [6.45, 7) is 0.751. The van der Waals surface area contributed by atoms with Crippen LogP contribution in [0.2, 0.25) is 0 Å². The van der Waals surface area contributed by atoms with Crippen LogP contribution in [0.1, 0.15) is 42.1 Å². The lowest BCUT2D eigenvalue weighted by Gasteiger charge is -2.01. The van der Waals surface area contributed by atoms with E-state index in [1.165, 1.54) is 49.1 Å². The van der Waals surface area contributed by atoms with Gasteiger partial charge in [-0.05, 0) is 43.6 Å². The lowest BCUT2D eigenvalue weighted by molar-refractivity contribution is 0.658. The van der Waals surface area contributed by atoms with Crippen molar-refractivity contribution in [3.63, 3.8) is 0 Å². The summed E-state index contributed by atoms with van der Waals surface area (Å²) in [4.78, 5) is 0. The Hall–Kier alpha value is -0.830. The topological polar surface area (TPSA) is 54.7 Å². The minimum atomic E-state index is 0.522. The maximum Gasteiger partial charge on any atom is 0.0700 e. The number of nitrogens with one attached hydrogen (secondary N) is 1. The highest BCUT2D eigenvalue weighted by Gasteiger charge is 2.30. The predicted octanol–water partition coefficient (Wildman–Crippen LogP) is 1.35. The third-order valence-corrected chi connectivity index (χ3v) is 3.59. The van der Waals surface area contributed by atoms with Crippen LogP contribution in [0.5, 0.6) is 0 Å². The van der Waals surface area contributed by atoms with Gasteiger partial charge in [0.1, 0.15) is 0 Å². The molecule has 2 aliphatic rings. The van der Waals surface area contributed by atoms with Gasteiger partial charge in [-0.15, -0.1) is 0 Å². The van der Waals surface area contributed by atoms with Crippen LogP contribution >= 0.6 is 0 Å². The molecule has 3 N–H and O–H groups in total. The van der Waals surface area contributed by atoms with E-state index in [0.29, 0.717) is 5.92 Å². The fourth-order valence-corrected chi connectivity index (χ4v) is 2.50. The van der Waals surface area contributed by atoms with E-state index in [9.17, 15) is 0 Å². The number of aromatic nitrogens is 2. The Bertz CT molecular complexity index is 338. The van der Waals surface area contributed by atoms with Crippen LogP contribution in [0.15, 0.2) is 0 Å². The second kappa shape index (κ2) is 3.09. The maximum absolute atomic E-state index is 5.72. The molecule has 2 aliphatic carbocycles. The molecule has 0 radical (unpaired) electrons. The Kier molecular flexibility index (Phi) is 1.87. The van der Waals surface area contributed by atoms with Crippen LogP contribution in [0.4, 0.5) is 0 Å². The van der Waals surface area contributed by atoms with Crippen LogP contribution in [0, 0.1) is 5.92 Å². The third-order valence-electron chi connectivity index (χ3n) is 3.59. The molecule has 3 heteroatoms. The summed E-state index contributed by atoms with van der Waals surface area (Å²) in [6, 6.07) is 0. The van der Waals surface area contributed by atoms with Gasteiger partial charge in [-0.25, -0.2) is 0 Å². The summed E-state index contributed by atoms with van der Waals surface area (Å²) in [5.41, 5.74) is 9.88. The van der Waals surface area contributed by atoms with Crippen LogP contribution in [0.3, 0.4) is 0 Å². The van der Waals surface area contributed by atoms with Gasteiger partial charge in [0.2, 0.25) is 0 Å². The second-order valence-electron chi connectivity index (χ2n) is 4.68. The van der Waals surface area contributed by atoms with Gasteiger partial charge in [0, 0.05) is 18.2 Å². The largest absolute Gasteiger partial charge is 0.330 e. The Morgan fingerprint density at radius 2 is 2.21 bits per heavy atom. The molecule has 1 aromatic rings. The molecule has 1 aromatic heterocycles. The number of nitrogens with zero attached hydrogens (tertiary/aromatic N) is 1. The fraction of sp³-hybridized carbons (Fsp3) is 0.727. The van der Waals surface area contributed by atoms with E-state index in [2.05, 4.69) is 10.2 Å². The summed E-state index contributed by atoms with van der Waals surface area (Å²) in [5.74, 6) is 1.46. The van der Waals surface area contributed by atoms with E-state index >= 15 is 0 Å². The minimum absolute atomic E-state index is 0.522. The third kappa shape index (κ3) is 1.27. The number of hydrogen-bond acceptors (Lipinski definition) is 2. The van der Waals surface area contributed by atoms with Crippen molar-refractivity contribution in [2.75, 3.05) is 6.54 Å². The predicted molar refractivity (Wildman–Crippen MR) is 55.1 cm³/mol. The van der Waals surface area contributed by atoms with E-state index in [-0.39, 0.29) is 0 Å². The van der Waals surface area contributed by atoms with Gasteiger partial charge in [0.15, 0.2) is 0 Å². The van der Waals surface area contributed by atoms with Gasteiger partial charge in [-0.1, -0.05) is 0 Å². The summed E-state index contributed by atoms with van der Waals surface area (Å²) < 4.78 is 0. The van der Waals surface area contributed by atoms with Gasteiger partial charge >= 0.3 is 0 Å². The Morgan fingerprint density at radius 1 is 1.36 bits per heavy atom. The first-order valence-corrected chi connectivity index (χ1v) is 5.64. The van der Waals surface area contributed by atoms with Crippen LogP contribution in [-0.2, 0) is 12.8 Å². The zero-order valence-corrected chi connectivity index (χ0v) is 8.42. The molecule has 0 spiro atoms. The molecule has 76 valence electrons. The standard InChI is InChI=1S/C11H17N3/c12-6-8-3-4-9-10(5-7-1-2-7)13-14-11(8)9/h7-8H,1-6,12H2,(H,13,14). The molecule has 1 saturated carbocycles. The maximum atomic E-state index is 5.72. The van der Waals surface area contributed by atoms with Gasteiger partial charge in [0.25, 0.3) is 0 Å². The summed E-state index contributed by atoms with van der Waals surface area (Å²) in [6.07, 6.45) is 6.44. The molecule has 1 atom stereocenters. The van der Waals surface area contributed by atoms with E-state index in [1.54, 1.807) is 0 Å². The Labute approximate surface area is 84.1 Å². The molecular formula is C11H17N3. The number of nitrogens with two attached hydrogens (primary N) is 1. The SMILES string of the molecule is NCC1CCc2c1n[nH]c2CC1CC1. The van der Waals surface area contributed by atoms with Crippen molar-refractivity contribution in [1.29, 1.82) is 0 Å². The molecule has 1 heterocycles. The zero-order valence-electron chi connectivity index (χ0n) is 8.42. The Balaban J connectivity index is 1.85. The molecule has 1 unspecified atom stereocenters. The number of aromatic amines is 1. The monoisotopic (exact) mass is 191 g/mol. The van der Waals surface area contributed by atoms with E-state index in [0.717, 1.165) is 12.5 Å². The summed E-state index contributed by atoms with van der Waals surface area (Å²) in [7, 11) is 0. The normalized spacial score (nSPS) is 25.4. The lowest BCUT2D eigenvalue weighted by Crippen LogP contribution is -2.09. The van der Waals surface area contributed by atoms with Crippen molar-refractivity contribution in [3.8, 4) is 0 Å². The van der Waals surface area contributed by atoms with Crippen LogP contribution in [0.25, 0.3) is 0 Å². The average Bonchev–Trinajstić information content (AvgIpc) is 2.78.